The Morgan fingerprint density at radius 2 is 2.05 bits per heavy atom. The van der Waals surface area contributed by atoms with Crippen LogP contribution in [0.1, 0.15) is 21.6 Å². The lowest BCUT2D eigenvalue weighted by Gasteiger charge is -2.01. The summed E-state index contributed by atoms with van der Waals surface area (Å²) in [7, 11) is 3.67. The monoisotopic (exact) mass is 334 g/mol. The van der Waals surface area contributed by atoms with Gasteiger partial charge in [-0.3, -0.25) is 9.48 Å². The predicted molar refractivity (Wildman–Crippen MR) is 88.4 cm³/mol. The Morgan fingerprint density at radius 1 is 1.32 bits per heavy atom. The van der Waals surface area contributed by atoms with E-state index in [2.05, 4.69) is 10.1 Å². The number of benzene rings is 1. The standard InChI is InChI=1S/C15H15ClN4OS/c1-8-7-19(3)18-12(8)14(21)17-15-20(4)13-9(2)10(16)5-6-11(13)22-15/h5-7H,1-4H3. The molecule has 0 aliphatic rings. The number of thiazole rings is 1. The van der Waals surface area contributed by atoms with Crippen molar-refractivity contribution in [2.45, 2.75) is 13.8 Å². The van der Waals surface area contributed by atoms with Crippen LogP contribution in [0, 0.1) is 13.8 Å². The molecular formula is C15H15ClN4OS. The summed E-state index contributed by atoms with van der Waals surface area (Å²) in [5.41, 5.74) is 3.19. The van der Waals surface area contributed by atoms with Crippen LogP contribution in [-0.4, -0.2) is 20.3 Å². The first-order valence-electron chi connectivity index (χ1n) is 6.72. The minimum atomic E-state index is -0.330. The van der Waals surface area contributed by atoms with Crippen molar-refractivity contribution in [3.05, 3.63) is 45.0 Å². The third kappa shape index (κ3) is 2.38. The maximum atomic E-state index is 12.4. The second-order valence-corrected chi connectivity index (χ2v) is 6.63. The van der Waals surface area contributed by atoms with Crippen LogP contribution in [0.4, 0.5) is 0 Å². The molecule has 0 bridgehead atoms. The van der Waals surface area contributed by atoms with Gasteiger partial charge in [-0.2, -0.15) is 10.1 Å². The third-order valence-corrected chi connectivity index (χ3v) is 5.07. The third-order valence-electron chi connectivity index (χ3n) is 3.56. The molecule has 0 aliphatic heterocycles. The molecule has 1 amide bonds. The molecule has 3 rings (SSSR count). The molecule has 0 atom stereocenters. The molecule has 2 aromatic heterocycles. The summed E-state index contributed by atoms with van der Waals surface area (Å²) in [6.45, 7) is 3.82. The van der Waals surface area contributed by atoms with Gasteiger partial charge in [0, 0.05) is 30.9 Å². The van der Waals surface area contributed by atoms with E-state index in [1.807, 2.05) is 37.6 Å². The van der Waals surface area contributed by atoms with E-state index in [1.165, 1.54) is 11.3 Å². The number of aryl methyl sites for hydroxylation is 4. The van der Waals surface area contributed by atoms with Gasteiger partial charge in [0.1, 0.15) is 0 Å². The van der Waals surface area contributed by atoms with Crippen LogP contribution in [0.25, 0.3) is 10.2 Å². The summed E-state index contributed by atoms with van der Waals surface area (Å²) in [6, 6.07) is 3.81. The number of rotatable bonds is 1. The topological polar surface area (TPSA) is 52.2 Å². The van der Waals surface area contributed by atoms with Gasteiger partial charge in [0.25, 0.3) is 5.91 Å². The molecule has 114 valence electrons. The van der Waals surface area contributed by atoms with Crippen molar-refractivity contribution in [3.63, 3.8) is 0 Å². The van der Waals surface area contributed by atoms with Crippen molar-refractivity contribution in [1.82, 2.24) is 14.3 Å². The lowest BCUT2D eigenvalue weighted by atomic mass is 10.2. The van der Waals surface area contributed by atoms with Crippen molar-refractivity contribution in [2.24, 2.45) is 19.1 Å². The van der Waals surface area contributed by atoms with Crippen molar-refractivity contribution >= 4 is 39.1 Å². The van der Waals surface area contributed by atoms with Crippen molar-refractivity contribution in [2.75, 3.05) is 0 Å². The van der Waals surface area contributed by atoms with Gasteiger partial charge in [-0.15, -0.1) is 0 Å². The van der Waals surface area contributed by atoms with E-state index in [9.17, 15) is 4.79 Å². The fourth-order valence-electron chi connectivity index (χ4n) is 2.47. The molecule has 7 heteroatoms. The number of carbonyl (C=O) groups excluding carboxylic acids is 1. The Bertz CT molecular complexity index is 964. The zero-order chi connectivity index (χ0) is 16.0. The molecule has 0 aliphatic carbocycles. The normalized spacial score (nSPS) is 12.3. The molecule has 5 nitrogen and oxygen atoms in total. The van der Waals surface area contributed by atoms with Gasteiger partial charge in [-0.05, 0) is 31.5 Å². The lowest BCUT2D eigenvalue weighted by molar-refractivity contribution is 0.0992. The van der Waals surface area contributed by atoms with E-state index in [0.717, 1.165) is 21.3 Å². The average molecular weight is 335 g/mol. The van der Waals surface area contributed by atoms with Crippen LogP contribution in [0.15, 0.2) is 23.3 Å². The van der Waals surface area contributed by atoms with Crippen LogP contribution in [0.2, 0.25) is 5.02 Å². The number of carbonyl (C=O) groups is 1. The highest BCUT2D eigenvalue weighted by atomic mass is 35.5. The number of amides is 1. The fourth-order valence-corrected chi connectivity index (χ4v) is 3.70. The molecule has 2 heterocycles. The van der Waals surface area contributed by atoms with Gasteiger partial charge in [0.15, 0.2) is 10.5 Å². The van der Waals surface area contributed by atoms with Crippen LogP contribution in [-0.2, 0) is 14.1 Å². The number of hydrogen-bond acceptors (Lipinski definition) is 3. The average Bonchev–Trinajstić information content (AvgIpc) is 2.95. The van der Waals surface area contributed by atoms with E-state index in [4.69, 9.17) is 11.6 Å². The summed E-state index contributed by atoms with van der Waals surface area (Å²) >= 11 is 7.64. The largest absolute Gasteiger partial charge is 0.319 e. The highest BCUT2D eigenvalue weighted by molar-refractivity contribution is 7.16. The van der Waals surface area contributed by atoms with E-state index < -0.39 is 0 Å². The molecule has 0 unspecified atom stereocenters. The van der Waals surface area contributed by atoms with Gasteiger partial charge < -0.3 is 4.57 Å². The Hall–Kier alpha value is -1.92. The number of halogens is 1. The van der Waals surface area contributed by atoms with Gasteiger partial charge in [-0.1, -0.05) is 22.9 Å². The molecule has 0 saturated carbocycles. The quantitative estimate of drug-likeness (QED) is 0.687. The summed E-state index contributed by atoms with van der Waals surface area (Å²) in [5, 5.41) is 4.88. The lowest BCUT2D eigenvalue weighted by Crippen LogP contribution is -2.14. The molecule has 3 aromatic rings. The smallest absolute Gasteiger partial charge is 0.300 e. The molecular weight excluding hydrogens is 320 g/mol. The number of aromatic nitrogens is 3. The predicted octanol–water partition coefficient (Wildman–Crippen LogP) is 2.98. The van der Waals surface area contributed by atoms with E-state index >= 15 is 0 Å². The van der Waals surface area contributed by atoms with E-state index in [1.54, 1.807) is 17.9 Å². The Kier molecular flexibility index (Phi) is 3.66. The first-order valence-corrected chi connectivity index (χ1v) is 7.92. The number of nitrogens with zero attached hydrogens (tertiary/aromatic N) is 4. The SMILES string of the molecule is Cc1cn(C)nc1C(=O)N=c1sc2ccc(Cl)c(C)c2n1C. The summed E-state index contributed by atoms with van der Waals surface area (Å²) in [5.74, 6) is -0.330. The molecule has 1 aromatic carbocycles. The van der Waals surface area contributed by atoms with Crippen LogP contribution >= 0.6 is 22.9 Å². The fraction of sp³-hybridized carbons (Fsp3) is 0.267. The second-order valence-electron chi connectivity index (χ2n) is 5.21. The Balaban J connectivity index is 2.18. The van der Waals surface area contributed by atoms with Gasteiger partial charge in [0.05, 0.1) is 10.2 Å². The minimum absolute atomic E-state index is 0.330. The molecule has 0 N–H and O–H groups in total. The highest BCUT2D eigenvalue weighted by Gasteiger charge is 2.14. The zero-order valence-corrected chi connectivity index (χ0v) is 14.3. The molecule has 0 spiro atoms. The number of fused-ring (bicyclic) bond motifs is 1. The van der Waals surface area contributed by atoms with Crippen molar-refractivity contribution in [1.29, 1.82) is 0 Å². The van der Waals surface area contributed by atoms with Gasteiger partial charge >= 0.3 is 0 Å². The van der Waals surface area contributed by atoms with Crippen molar-refractivity contribution in [3.8, 4) is 0 Å². The summed E-state index contributed by atoms with van der Waals surface area (Å²) in [4.78, 5) is 17.2. The van der Waals surface area contributed by atoms with Crippen LogP contribution in [0.3, 0.4) is 0 Å². The molecule has 0 radical (unpaired) electrons. The minimum Gasteiger partial charge on any atom is -0.319 e. The van der Waals surface area contributed by atoms with Crippen LogP contribution in [0.5, 0.6) is 0 Å². The molecule has 22 heavy (non-hydrogen) atoms. The first-order chi connectivity index (χ1) is 10.4. The Labute approximate surface area is 136 Å². The first kappa shape index (κ1) is 15.0. The molecule has 0 fully saturated rings. The number of hydrogen-bond donors (Lipinski definition) is 0. The zero-order valence-electron chi connectivity index (χ0n) is 12.7. The van der Waals surface area contributed by atoms with E-state index in [0.29, 0.717) is 15.5 Å². The van der Waals surface area contributed by atoms with Gasteiger partial charge in [0.2, 0.25) is 0 Å². The maximum absolute atomic E-state index is 12.4. The summed E-state index contributed by atoms with van der Waals surface area (Å²) < 4.78 is 4.57. The molecule has 0 saturated heterocycles. The van der Waals surface area contributed by atoms with E-state index in [-0.39, 0.29) is 5.91 Å². The second kappa shape index (κ2) is 5.37. The maximum Gasteiger partial charge on any atom is 0.300 e. The summed E-state index contributed by atoms with van der Waals surface area (Å²) in [6.07, 6.45) is 1.80. The Morgan fingerprint density at radius 3 is 2.68 bits per heavy atom. The highest BCUT2D eigenvalue weighted by Crippen LogP contribution is 2.26. The van der Waals surface area contributed by atoms with Crippen LogP contribution < -0.4 is 4.80 Å². The van der Waals surface area contributed by atoms with Crippen molar-refractivity contribution < 1.29 is 4.79 Å². The van der Waals surface area contributed by atoms with Gasteiger partial charge in [-0.25, -0.2) is 0 Å².